The zero-order chi connectivity index (χ0) is 16.5. The van der Waals surface area contributed by atoms with Crippen LogP contribution in [0.1, 0.15) is 18.4 Å². The third-order valence-electron chi connectivity index (χ3n) is 5.29. The highest BCUT2D eigenvalue weighted by Crippen LogP contribution is 2.41. The summed E-state index contributed by atoms with van der Waals surface area (Å²) in [4.78, 5) is 14.3. The van der Waals surface area contributed by atoms with Gasteiger partial charge in [0.2, 0.25) is 0 Å². The summed E-state index contributed by atoms with van der Waals surface area (Å²) < 4.78 is 18.4. The Morgan fingerprint density at radius 1 is 1.21 bits per heavy atom. The van der Waals surface area contributed by atoms with Gasteiger partial charge in [0, 0.05) is 29.9 Å². The summed E-state index contributed by atoms with van der Waals surface area (Å²) in [6.45, 7) is 3.91. The summed E-state index contributed by atoms with van der Waals surface area (Å²) in [5, 5.41) is 0. The molecular formula is C18H22BrNO4. The number of nitrogens with zero attached hydrogens (tertiary/aromatic N) is 1. The van der Waals surface area contributed by atoms with Crippen LogP contribution in [-0.2, 0) is 25.6 Å². The SMILES string of the molecule is O=C1CC2C(OCc3ccc(Br)cc3)CC(O1)C2N1CCOCC1. The topological polar surface area (TPSA) is 48.0 Å². The molecule has 0 aromatic heterocycles. The zero-order valence-corrected chi connectivity index (χ0v) is 15.1. The van der Waals surface area contributed by atoms with Crippen molar-refractivity contribution in [3.8, 4) is 0 Å². The lowest BCUT2D eigenvalue weighted by molar-refractivity contribution is -0.161. The van der Waals surface area contributed by atoms with Crippen LogP contribution < -0.4 is 0 Å². The first-order valence-corrected chi connectivity index (χ1v) is 9.37. The van der Waals surface area contributed by atoms with Gasteiger partial charge in [-0.25, -0.2) is 0 Å². The lowest BCUT2D eigenvalue weighted by atomic mass is 9.93. The molecule has 0 amide bonds. The molecule has 0 radical (unpaired) electrons. The maximum atomic E-state index is 11.9. The number of morpholine rings is 1. The average Bonchev–Trinajstić information content (AvgIpc) is 2.83. The van der Waals surface area contributed by atoms with Crippen molar-refractivity contribution < 1.29 is 19.0 Å². The van der Waals surface area contributed by atoms with E-state index in [1.165, 1.54) is 0 Å². The number of fused-ring (bicyclic) bond motifs is 2. The van der Waals surface area contributed by atoms with E-state index >= 15 is 0 Å². The van der Waals surface area contributed by atoms with E-state index in [-0.39, 0.29) is 30.1 Å². The number of halogens is 1. The van der Waals surface area contributed by atoms with Gasteiger partial charge >= 0.3 is 5.97 Å². The smallest absolute Gasteiger partial charge is 0.306 e. The predicted molar refractivity (Wildman–Crippen MR) is 91.5 cm³/mol. The number of esters is 1. The number of benzene rings is 1. The number of carbonyl (C=O) groups excluding carboxylic acids is 1. The van der Waals surface area contributed by atoms with Crippen molar-refractivity contribution in [3.05, 3.63) is 34.3 Å². The Balaban J connectivity index is 1.44. The van der Waals surface area contributed by atoms with E-state index in [4.69, 9.17) is 14.2 Å². The molecule has 4 atom stereocenters. The maximum absolute atomic E-state index is 11.9. The van der Waals surface area contributed by atoms with Crippen molar-refractivity contribution in [2.24, 2.45) is 5.92 Å². The van der Waals surface area contributed by atoms with Gasteiger partial charge in [0.15, 0.2) is 0 Å². The normalized spacial score (nSPS) is 33.5. The standard InChI is InChI=1S/C18H22BrNO4/c19-13-3-1-12(2-4-13)11-23-15-10-16-18(14(15)9-17(21)24-16)20-5-7-22-8-6-20/h1-4,14-16,18H,5-11H2. The molecule has 1 aliphatic carbocycles. The summed E-state index contributed by atoms with van der Waals surface area (Å²) in [5.74, 6) is 0.147. The van der Waals surface area contributed by atoms with Crippen LogP contribution in [0.3, 0.4) is 0 Å². The van der Waals surface area contributed by atoms with Crippen LogP contribution in [-0.4, -0.2) is 55.4 Å². The Morgan fingerprint density at radius 2 is 1.96 bits per heavy atom. The fraction of sp³-hybridized carbons (Fsp3) is 0.611. The Kier molecular flexibility index (Phi) is 4.90. The van der Waals surface area contributed by atoms with Crippen LogP contribution in [0.4, 0.5) is 0 Å². The monoisotopic (exact) mass is 395 g/mol. The molecule has 3 fully saturated rings. The molecule has 24 heavy (non-hydrogen) atoms. The molecule has 0 spiro atoms. The van der Waals surface area contributed by atoms with E-state index in [0.29, 0.717) is 13.0 Å². The molecule has 2 aliphatic heterocycles. The Bertz CT molecular complexity index is 587. The highest BCUT2D eigenvalue weighted by Gasteiger charge is 2.52. The minimum Gasteiger partial charge on any atom is -0.461 e. The number of hydrogen-bond donors (Lipinski definition) is 0. The van der Waals surface area contributed by atoms with Gasteiger partial charge < -0.3 is 14.2 Å². The van der Waals surface area contributed by atoms with Crippen LogP contribution in [0.5, 0.6) is 0 Å². The van der Waals surface area contributed by atoms with E-state index in [9.17, 15) is 4.79 Å². The minimum absolute atomic E-state index is 0.0377. The Morgan fingerprint density at radius 3 is 2.71 bits per heavy atom. The van der Waals surface area contributed by atoms with Gasteiger partial charge in [-0.05, 0) is 17.7 Å². The first-order chi connectivity index (χ1) is 11.7. The highest BCUT2D eigenvalue weighted by atomic mass is 79.9. The summed E-state index contributed by atoms with van der Waals surface area (Å²) in [6.07, 6.45) is 1.31. The second kappa shape index (κ2) is 7.12. The van der Waals surface area contributed by atoms with Gasteiger partial charge in [-0.2, -0.15) is 0 Å². The molecule has 6 heteroatoms. The molecule has 1 aromatic rings. The van der Waals surface area contributed by atoms with E-state index in [1.54, 1.807) is 0 Å². The van der Waals surface area contributed by atoms with Gasteiger partial charge in [0.25, 0.3) is 0 Å². The van der Waals surface area contributed by atoms with Crippen molar-refractivity contribution >= 4 is 21.9 Å². The first kappa shape index (κ1) is 16.5. The maximum Gasteiger partial charge on any atom is 0.306 e. The van der Waals surface area contributed by atoms with Crippen LogP contribution in [0.2, 0.25) is 0 Å². The van der Waals surface area contributed by atoms with Gasteiger partial charge in [0.05, 0.1) is 38.4 Å². The van der Waals surface area contributed by atoms with E-state index in [2.05, 4.69) is 33.0 Å². The second-order valence-electron chi connectivity index (χ2n) is 6.75. The summed E-state index contributed by atoms with van der Waals surface area (Å²) in [5.41, 5.74) is 1.15. The minimum atomic E-state index is -0.0794. The summed E-state index contributed by atoms with van der Waals surface area (Å²) in [6, 6.07) is 8.45. The van der Waals surface area contributed by atoms with Gasteiger partial charge in [0.1, 0.15) is 6.10 Å². The van der Waals surface area contributed by atoms with Crippen LogP contribution >= 0.6 is 15.9 Å². The Labute approximate surface area is 150 Å². The van der Waals surface area contributed by atoms with Gasteiger partial charge in [-0.1, -0.05) is 28.1 Å². The largest absolute Gasteiger partial charge is 0.461 e. The molecule has 5 nitrogen and oxygen atoms in total. The highest BCUT2D eigenvalue weighted by molar-refractivity contribution is 9.10. The number of rotatable bonds is 4. The van der Waals surface area contributed by atoms with E-state index in [0.717, 1.165) is 42.8 Å². The molecule has 3 aliphatic rings. The molecule has 2 heterocycles. The molecule has 1 aromatic carbocycles. The van der Waals surface area contributed by atoms with E-state index in [1.807, 2.05) is 12.1 Å². The molecular weight excluding hydrogens is 374 g/mol. The number of ether oxygens (including phenoxy) is 3. The second-order valence-corrected chi connectivity index (χ2v) is 7.66. The van der Waals surface area contributed by atoms with Crippen molar-refractivity contribution in [2.45, 2.75) is 37.7 Å². The third-order valence-corrected chi connectivity index (χ3v) is 5.82. The van der Waals surface area contributed by atoms with Crippen molar-refractivity contribution in [1.29, 1.82) is 0 Å². The predicted octanol–water partition coefficient (Wildman–Crippen LogP) is 2.37. The van der Waals surface area contributed by atoms with Gasteiger partial charge in [-0.15, -0.1) is 0 Å². The lowest BCUT2D eigenvalue weighted by Gasteiger charge is -2.40. The molecule has 2 bridgehead atoms. The van der Waals surface area contributed by atoms with Crippen LogP contribution in [0.25, 0.3) is 0 Å². The van der Waals surface area contributed by atoms with Crippen LogP contribution in [0, 0.1) is 5.92 Å². The summed E-state index contributed by atoms with van der Waals surface area (Å²) >= 11 is 3.45. The summed E-state index contributed by atoms with van der Waals surface area (Å²) in [7, 11) is 0. The van der Waals surface area contributed by atoms with Crippen molar-refractivity contribution in [3.63, 3.8) is 0 Å². The van der Waals surface area contributed by atoms with Crippen molar-refractivity contribution in [1.82, 2.24) is 4.90 Å². The third kappa shape index (κ3) is 3.38. The fourth-order valence-electron chi connectivity index (χ4n) is 4.18. The fourth-order valence-corrected chi connectivity index (χ4v) is 4.44. The molecule has 0 N–H and O–H groups in total. The first-order valence-electron chi connectivity index (χ1n) is 8.58. The zero-order valence-electron chi connectivity index (χ0n) is 13.5. The quantitative estimate of drug-likeness (QED) is 0.732. The molecule has 1 saturated carbocycles. The number of carbonyl (C=O) groups is 1. The van der Waals surface area contributed by atoms with Crippen LogP contribution in [0.15, 0.2) is 28.7 Å². The molecule has 4 unspecified atom stereocenters. The molecule has 2 saturated heterocycles. The van der Waals surface area contributed by atoms with E-state index < -0.39 is 0 Å². The number of hydrogen-bond acceptors (Lipinski definition) is 5. The average molecular weight is 396 g/mol. The molecule has 4 rings (SSSR count). The van der Waals surface area contributed by atoms with Gasteiger partial charge in [-0.3, -0.25) is 9.69 Å². The Hall–Kier alpha value is -0.950. The lowest BCUT2D eigenvalue weighted by Crippen LogP contribution is -2.53. The molecule has 130 valence electrons. The van der Waals surface area contributed by atoms with Crippen molar-refractivity contribution in [2.75, 3.05) is 26.3 Å².